The highest BCUT2D eigenvalue weighted by atomic mass is 19.1. The van der Waals surface area contributed by atoms with Crippen molar-refractivity contribution in [1.82, 2.24) is 0 Å². The molecular formula is C13H17FN2O2. The van der Waals surface area contributed by atoms with Crippen molar-refractivity contribution in [3.05, 3.63) is 23.5 Å². The Hall–Kier alpha value is -1.78. The number of benzene rings is 1. The highest BCUT2D eigenvalue weighted by molar-refractivity contribution is 6.00. The predicted octanol–water partition coefficient (Wildman–Crippen LogP) is 2.56. The SMILES string of the molecule is CC1(C)CC1CNc1ccc(F)c(N)c1C(=O)O. The summed E-state index contributed by atoms with van der Waals surface area (Å²) < 4.78 is 13.2. The third kappa shape index (κ3) is 2.25. The maximum absolute atomic E-state index is 13.2. The molecule has 2 rings (SSSR count). The minimum atomic E-state index is -1.22. The standard InChI is InChI=1S/C13H17FN2O2/c1-13(2)5-7(13)6-16-9-4-3-8(14)11(15)10(9)12(17)18/h3-4,7,16H,5-6,15H2,1-2H3,(H,17,18). The fraction of sp³-hybridized carbons (Fsp3) is 0.462. The summed E-state index contributed by atoms with van der Waals surface area (Å²) in [5, 5.41) is 12.1. The number of nitrogens with one attached hydrogen (secondary N) is 1. The number of nitrogen functional groups attached to an aromatic ring is 1. The molecule has 1 unspecified atom stereocenters. The van der Waals surface area contributed by atoms with Gasteiger partial charge in [0.15, 0.2) is 0 Å². The second kappa shape index (κ2) is 4.15. The van der Waals surface area contributed by atoms with Crippen molar-refractivity contribution >= 4 is 17.3 Å². The molecule has 0 aliphatic heterocycles. The summed E-state index contributed by atoms with van der Waals surface area (Å²) in [5.41, 5.74) is 5.65. The van der Waals surface area contributed by atoms with Gasteiger partial charge in [-0.15, -0.1) is 0 Å². The maximum Gasteiger partial charge on any atom is 0.340 e. The Morgan fingerprint density at radius 3 is 2.72 bits per heavy atom. The van der Waals surface area contributed by atoms with E-state index in [-0.39, 0.29) is 11.3 Å². The van der Waals surface area contributed by atoms with Gasteiger partial charge in [0.25, 0.3) is 0 Å². The Morgan fingerprint density at radius 1 is 1.61 bits per heavy atom. The van der Waals surface area contributed by atoms with Gasteiger partial charge in [-0.1, -0.05) is 13.8 Å². The fourth-order valence-electron chi connectivity index (χ4n) is 2.13. The van der Waals surface area contributed by atoms with Gasteiger partial charge in [-0.25, -0.2) is 9.18 Å². The number of carboxylic acids is 1. The minimum absolute atomic E-state index is 0.187. The van der Waals surface area contributed by atoms with Gasteiger partial charge in [-0.05, 0) is 29.9 Å². The molecule has 0 amide bonds. The van der Waals surface area contributed by atoms with Gasteiger partial charge in [-0.2, -0.15) is 0 Å². The third-order valence-corrected chi connectivity index (χ3v) is 3.66. The van der Waals surface area contributed by atoms with E-state index in [9.17, 15) is 9.18 Å². The number of hydrogen-bond donors (Lipinski definition) is 3. The third-order valence-electron chi connectivity index (χ3n) is 3.66. The lowest BCUT2D eigenvalue weighted by Crippen LogP contribution is -2.13. The van der Waals surface area contributed by atoms with Crippen LogP contribution in [0.4, 0.5) is 15.8 Å². The molecule has 0 saturated heterocycles. The van der Waals surface area contributed by atoms with Crippen molar-refractivity contribution in [2.24, 2.45) is 11.3 Å². The number of halogens is 1. The van der Waals surface area contributed by atoms with Gasteiger partial charge < -0.3 is 16.2 Å². The van der Waals surface area contributed by atoms with E-state index in [0.29, 0.717) is 23.6 Å². The first-order chi connectivity index (χ1) is 8.33. The van der Waals surface area contributed by atoms with Crippen LogP contribution >= 0.6 is 0 Å². The summed E-state index contributed by atoms with van der Waals surface area (Å²) >= 11 is 0. The second-order valence-corrected chi connectivity index (χ2v) is 5.46. The van der Waals surface area contributed by atoms with Gasteiger partial charge in [0.2, 0.25) is 0 Å². The number of carboxylic acid groups (broad SMARTS) is 1. The van der Waals surface area contributed by atoms with E-state index in [2.05, 4.69) is 19.2 Å². The maximum atomic E-state index is 13.2. The van der Waals surface area contributed by atoms with Crippen LogP contribution in [0, 0.1) is 17.2 Å². The monoisotopic (exact) mass is 252 g/mol. The van der Waals surface area contributed by atoms with Crippen molar-refractivity contribution in [2.45, 2.75) is 20.3 Å². The molecule has 1 aromatic carbocycles. The van der Waals surface area contributed by atoms with Crippen LogP contribution in [0.2, 0.25) is 0 Å². The summed E-state index contributed by atoms with van der Waals surface area (Å²) in [6, 6.07) is 2.60. The zero-order valence-electron chi connectivity index (χ0n) is 10.5. The minimum Gasteiger partial charge on any atom is -0.478 e. The molecule has 4 N–H and O–H groups in total. The number of hydrogen-bond acceptors (Lipinski definition) is 3. The summed E-state index contributed by atoms with van der Waals surface area (Å²) in [6.45, 7) is 5.01. The van der Waals surface area contributed by atoms with Gasteiger partial charge in [0.1, 0.15) is 11.4 Å². The van der Waals surface area contributed by atoms with Crippen LogP contribution in [-0.2, 0) is 0 Å². The lowest BCUT2D eigenvalue weighted by atomic mass is 10.1. The molecular weight excluding hydrogens is 235 g/mol. The van der Waals surface area contributed by atoms with Gasteiger partial charge in [0, 0.05) is 6.54 Å². The number of nitrogens with two attached hydrogens (primary N) is 1. The molecule has 5 heteroatoms. The molecule has 0 heterocycles. The molecule has 0 spiro atoms. The molecule has 1 aliphatic rings. The zero-order valence-corrected chi connectivity index (χ0v) is 10.5. The van der Waals surface area contributed by atoms with Crippen LogP contribution in [0.25, 0.3) is 0 Å². The van der Waals surface area contributed by atoms with E-state index in [0.717, 1.165) is 6.42 Å². The van der Waals surface area contributed by atoms with Gasteiger partial charge >= 0.3 is 5.97 Å². The molecule has 18 heavy (non-hydrogen) atoms. The van der Waals surface area contributed by atoms with Gasteiger partial charge in [-0.3, -0.25) is 0 Å². The first-order valence-corrected chi connectivity index (χ1v) is 5.88. The molecule has 4 nitrogen and oxygen atoms in total. The van der Waals surface area contributed by atoms with Crippen molar-refractivity contribution in [3.63, 3.8) is 0 Å². The van der Waals surface area contributed by atoms with E-state index in [1.807, 2.05) is 0 Å². The van der Waals surface area contributed by atoms with E-state index < -0.39 is 11.8 Å². The lowest BCUT2D eigenvalue weighted by Gasteiger charge is -2.12. The van der Waals surface area contributed by atoms with Crippen molar-refractivity contribution < 1.29 is 14.3 Å². The fourth-order valence-corrected chi connectivity index (χ4v) is 2.13. The highest BCUT2D eigenvalue weighted by Gasteiger charge is 2.45. The van der Waals surface area contributed by atoms with Crippen molar-refractivity contribution in [1.29, 1.82) is 0 Å². The molecule has 1 saturated carbocycles. The van der Waals surface area contributed by atoms with Crippen LogP contribution in [-0.4, -0.2) is 17.6 Å². The summed E-state index contributed by atoms with van der Waals surface area (Å²) in [4.78, 5) is 11.1. The number of aromatic carboxylic acids is 1. The lowest BCUT2D eigenvalue weighted by molar-refractivity contribution is 0.0698. The van der Waals surface area contributed by atoms with E-state index >= 15 is 0 Å². The van der Waals surface area contributed by atoms with Crippen molar-refractivity contribution in [2.75, 3.05) is 17.6 Å². The Labute approximate surface area is 105 Å². The molecule has 0 radical (unpaired) electrons. The molecule has 1 atom stereocenters. The topological polar surface area (TPSA) is 75.3 Å². The van der Waals surface area contributed by atoms with Crippen molar-refractivity contribution in [3.8, 4) is 0 Å². The number of rotatable bonds is 4. The highest BCUT2D eigenvalue weighted by Crippen LogP contribution is 2.51. The normalized spacial score (nSPS) is 20.5. The van der Waals surface area contributed by atoms with Crippen LogP contribution in [0.1, 0.15) is 30.6 Å². The average molecular weight is 252 g/mol. The van der Waals surface area contributed by atoms with Gasteiger partial charge in [0.05, 0.1) is 11.4 Å². The number of carbonyl (C=O) groups is 1. The van der Waals surface area contributed by atoms with Crippen LogP contribution in [0.15, 0.2) is 12.1 Å². The average Bonchev–Trinajstić information content (AvgIpc) is 2.87. The smallest absolute Gasteiger partial charge is 0.340 e. The first kappa shape index (κ1) is 12.7. The summed E-state index contributed by atoms with van der Waals surface area (Å²) in [6.07, 6.45) is 1.11. The number of anilines is 2. The Bertz CT molecular complexity index is 500. The largest absolute Gasteiger partial charge is 0.478 e. The molecule has 1 aromatic rings. The van der Waals surface area contributed by atoms with E-state index in [1.54, 1.807) is 0 Å². The molecule has 0 bridgehead atoms. The summed E-state index contributed by atoms with van der Waals surface area (Å²) in [5.74, 6) is -1.40. The Kier molecular flexibility index (Phi) is 2.92. The zero-order chi connectivity index (χ0) is 13.5. The quantitative estimate of drug-likeness (QED) is 0.720. The molecule has 98 valence electrons. The Balaban J connectivity index is 2.17. The second-order valence-electron chi connectivity index (χ2n) is 5.46. The van der Waals surface area contributed by atoms with Crippen LogP contribution in [0.5, 0.6) is 0 Å². The Morgan fingerprint density at radius 2 is 2.22 bits per heavy atom. The summed E-state index contributed by atoms with van der Waals surface area (Å²) in [7, 11) is 0. The van der Waals surface area contributed by atoms with E-state index in [1.165, 1.54) is 12.1 Å². The van der Waals surface area contributed by atoms with E-state index in [4.69, 9.17) is 10.8 Å². The van der Waals surface area contributed by atoms with Crippen LogP contribution in [0.3, 0.4) is 0 Å². The first-order valence-electron chi connectivity index (χ1n) is 5.88. The van der Waals surface area contributed by atoms with Crippen LogP contribution < -0.4 is 11.1 Å². The molecule has 1 fully saturated rings. The molecule has 0 aromatic heterocycles. The molecule has 1 aliphatic carbocycles. The predicted molar refractivity (Wildman–Crippen MR) is 68.1 cm³/mol.